The fraction of sp³-hybridized carbons (Fsp3) is 0.300. The molecule has 0 spiro atoms. The van der Waals surface area contributed by atoms with E-state index in [0.29, 0.717) is 6.29 Å². The molecule has 2 nitrogen and oxygen atoms in total. The number of ether oxygens (including phenoxy) is 1. The summed E-state index contributed by atoms with van der Waals surface area (Å²) in [5.74, 6) is -1.41. The van der Waals surface area contributed by atoms with Gasteiger partial charge < -0.3 is 4.74 Å². The summed E-state index contributed by atoms with van der Waals surface area (Å²) in [7, 11) is 0. The molecule has 0 bridgehead atoms. The minimum Gasteiger partial charge on any atom is -0.353 e. The fourth-order valence-corrected chi connectivity index (χ4v) is 1.53. The van der Waals surface area contributed by atoms with Crippen molar-refractivity contribution in [3.63, 3.8) is 0 Å². The van der Waals surface area contributed by atoms with Crippen molar-refractivity contribution in [3.05, 3.63) is 35.4 Å². The van der Waals surface area contributed by atoms with Crippen LogP contribution < -0.4 is 0 Å². The summed E-state index contributed by atoms with van der Waals surface area (Å²) in [6, 6.07) is 3.09. The molecule has 0 N–H and O–H groups in total. The van der Waals surface area contributed by atoms with Crippen molar-refractivity contribution < 1.29 is 18.3 Å². The lowest BCUT2D eigenvalue weighted by Gasteiger charge is -2.05. The van der Waals surface area contributed by atoms with Crippen LogP contribution in [0.3, 0.4) is 0 Å². The van der Waals surface area contributed by atoms with Crippen LogP contribution in [0.15, 0.2) is 18.2 Å². The van der Waals surface area contributed by atoms with E-state index in [1.165, 1.54) is 6.07 Å². The molecule has 1 aromatic carbocycles. The lowest BCUT2D eigenvalue weighted by atomic mass is 9.97. The standard InChI is InChI=1S/C10H8F2O2/c1-6-10(5-13,14-6)8-3-2-7(11)4-9(8)12/h2-6H,1H3/t6-,10+/m1/s1. The molecule has 14 heavy (non-hydrogen) atoms. The van der Waals surface area contributed by atoms with Gasteiger partial charge in [0.15, 0.2) is 11.9 Å². The van der Waals surface area contributed by atoms with Crippen LogP contribution in [0.4, 0.5) is 8.78 Å². The lowest BCUT2D eigenvalue weighted by molar-refractivity contribution is -0.112. The number of rotatable bonds is 2. The van der Waals surface area contributed by atoms with E-state index in [9.17, 15) is 13.6 Å². The molecule has 1 saturated heterocycles. The van der Waals surface area contributed by atoms with Gasteiger partial charge in [0, 0.05) is 11.6 Å². The van der Waals surface area contributed by atoms with Crippen LogP contribution in [0.5, 0.6) is 0 Å². The van der Waals surface area contributed by atoms with E-state index in [2.05, 4.69) is 0 Å². The number of benzene rings is 1. The molecule has 74 valence electrons. The zero-order valence-electron chi connectivity index (χ0n) is 7.46. The Bertz CT molecular complexity index is 392. The van der Waals surface area contributed by atoms with Gasteiger partial charge in [-0.1, -0.05) is 0 Å². The molecule has 1 aliphatic rings. The highest BCUT2D eigenvalue weighted by Crippen LogP contribution is 2.45. The second-order valence-corrected chi connectivity index (χ2v) is 3.30. The summed E-state index contributed by atoms with van der Waals surface area (Å²) in [6.07, 6.45) is 0.202. The van der Waals surface area contributed by atoms with E-state index < -0.39 is 17.2 Å². The Labute approximate surface area is 79.5 Å². The molecule has 1 heterocycles. The highest BCUT2D eigenvalue weighted by atomic mass is 19.1. The van der Waals surface area contributed by atoms with E-state index in [4.69, 9.17) is 4.74 Å². The zero-order chi connectivity index (χ0) is 10.3. The summed E-state index contributed by atoms with van der Waals surface area (Å²) >= 11 is 0. The third kappa shape index (κ3) is 1.14. The number of hydrogen-bond acceptors (Lipinski definition) is 2. The van der Waals surface area contributed by atoms with Crippen LogP contribution in [0, 0.1) is 11.6 Å². The second-order valence-electron chi connectivity index (χ2n) is 3.30. The van der Waals surface area contributed by atoms with Crippen LogP contribution >= 0.6 is 0 Å². The van der Waals surface area contributed by atoms with E-state index in [-0.39, 0.29) is 11.7 Å². The summed E-state index contributed by atoms with van der Waals surface area (Å²) in [5, 5.41) is 0. The quantitative estimate of drug-likeness (QED) is 0.535. The van der Waals surface area contributed by atoms with E-state index in [0.717, 1.165) is 12.1 Å². The van der Waals surface area contributed by atoms with Gasteiger partial charge in [0.05, 0.1) is 6.10 Å². The maximum atomic E-state index is 13.3. The molecule has 0 amide bonds. The average Bonchev–Trinajstić information content (AvgIpc) is 2.78. The van der Waals surface area contributed by atoms with Crippen LogP contribution in [0.2, 0.25) is 0 Å². The molecule has 0 aliphatic carbocycles. The van der Waals surface area contributed by atoms with Gasteiger partial charge in [0.1, 0.15) is 11.6 Å². The van der Waals surface area contributed by atoms with Gasteiger partial charge in [-0.05, 0) is 19.1 Å². The normalized spacial score (nSPS) is 30.1. The Kier molecular flexibility index (Phi) is 1.89. The highest BCUT2D eigenvalue weighted by Gasteiger charge is 2.56. The highest BCUT2D eigenvalue weighted by molar-refractivity contribution is 5.71. The van der Waals surface area contributed by atoms with Gasteiger partial charge in [0.2, 0.25) is 0 Å². The second kappa shape index (κ2) is 2.85. The summed E-state index contributed by atoms with van der Waals surface area (Å²) in [4.78, 5) is 10.8. The number of aldehydes is 1. The van der Waals surface area contributed by atoms with Crippen molar-refractivity contribution in [1.82, 2.24) is 0 Å². The van der Waals surface area contributed by atoms with Crippen molar-refractivity contribution in [2.45, 2.75) is 18.6 Å². The minimum atomic E-state index is -1.20. The zero-order valence-corrected chi connectivity index (χ0v) is 7.46. The van der Waals surface area contributed by atoms with Gasteiger partial charge in [-0.3, -0.25) is 4.79 Å². The van der Waals surface area contributed by atoms with E-state index in [1.54, 1.807) is 6.92 Å². The molecular formula is C10H8F2O2. The summed E-state index contributed by atoms with van der Waals surface area (Å²) in [5.41, 5.74) is -1.10. The maximum absolute atomic E-state index is 13.3. The predicted molar refractivity (Wildman–Crippen MR) is 44.6 cm³/mol. The molecule has 1 aliphatic heterocycles. The molecule has 1 aromatic rings. The maximum Gasteiger partial charge on any atom is 0.177 e. The number of hydrogen-bond donors (Lipinski definition) is 0. The Morgan fingerprint density at radius 3 is 2.57 bits per heavy atom. The first-order valence-corrected chi connectivity index (χ1v) is 4.20. The summed E-state index contributed by atoms with van der Waals surface area (Å²) < 4.78 is 30.9. The van der Waals surface area contributed by atoms with E-state index in [1.807, 2.05) is 0 Å². The monoisotopic (exact) mass is 198 g/mol. The molecule has 0 unspecified atom stereocenters. The van der Waals surface area contributed by atoms with Crippen molar-refractivity contribution in [2.75, 3.05) is 0 Å². The number of carbonyl (C=O) groups is 1. The van der Waals surface area contributed by atoms with Crippen LogP contribution in [-0.4, -0.2) is 12.4 Å². The van der Waals surface area contributed by atoms with Gasteiger partial charge in [0.25, 0.3) is 0 Å². The Hall–Kier alpha value is -1.29. The molecular weight excluding hydrogens is 190 g/mol. The third-order valence-electron chi connectivity index (χ3n) is 2.45. The Morgan fingerprint density at radius 2 is 2.14 bits per heavy atom. The molecule has 2 rings (SSSR count). The van der Waals surface area contributed by atoms with Gasteiger partial charge in [-0.2, -0.15) is 0 Å². The van der Waals surface area contributed by atoms with Gasteiger partial charge in [-0.15, -0.1) is 0 Å². The van der Waals surface area contributed by atoms with Gasteiger partial charge in [-0.25, -0.2) is 8.78 Å². The first kappa shape index (κ1) is 9.27. The average molecular weight is 198 g/mol. The molecule has 4 heteroatoms. The van der Waals surface area contributed by atoms with Crippen LogP contribution in [-0.2, 0) is 15.1 Å². The number of epoxide rings is 1. The SMILES string of the molecule is C[C@H]1O[C@]1(C=O)c1ccc(F)cc1F. The van der Waals surface area contributed by atoms with Crippen molar-refractivity contribution in [3.8, 4) is 0 Å². The Morgan fingerprint density at radius 1 is 1.50 bits per heavy atom. The third-order valence-corrected chi connectivity index (χ3v) is 2.45. The molecule has 0 saturated carbocycles. The minimum absolute atomic E-state index is 0.0985. The molecule has 1 fully saturated rings. The molecule has 0 aromatic heterocycles. The first-order chi connectivity index (χ1) is 6.60. The molecule has 2 atom stereocenters. The number of halogens is 2. The molecule has 0 radical (unpaired) electrons. The van der Waals surface area contributed by atoms with Crippen LogP contribution in [0.1, 0.15) is 12.5 Å². The lowest BCUT2D eigenvalue weighted by Crippen LogP contribution is -2.15. The van der Waals surface area contributed by atoms with E-state index >= 15 is 0 Å². The largest absolute Gasteiger partial charge is 0.353 e. The smallest absolute Gasteiger partial charge is 0.177 e. The summed E-state index contributed by atoms with van der Waals surface area (Å²) in [6.45, 7) is 1.66. The van der Waals surface area contributed by atoms with Crippen molar-refractivity contribution in [2.24, 2.45) is 0 Å². The van der Waals surface area contributed by atoms with Crippen molar-refractivity contribution in [1.29, 1.82) is 0 Å². The Balaban J connectivity index is 2.47. The first-order valence-electron chi connectivity index (χ1n) is 4.20. The fourth-order valence-electron chi connectivity index (χ4n) is 1.53. The van der Waals surface area contributed by atoms with Gasteiger partial charge >= 0.3 is 0 Å². The predicted octanol–water partition coefficient (Wildman–Crippen LogP) is 1.78. The van der Waals surface area contributed by atoms with Crippen molar-refractivity contribution >= 4 is 6.29 Å². The topological polar surface area (TPSA) is 29.6 Å². The number of carbonyl (C=O) groups excluding carboxylic acids is 1. The van der Waals surface area contributed by atoms with Crippen LogP contribution in [0.25, 0.3) is 0 Å².